The summed E-state index contributed by atoms with van der Waals surface area (Å²) in [4.78, 5) is 26.3. The summed E-state index contributed by atoms with van der Waals surface area (Å²) in [6, 6.07) is 7.66. The molecule has 124 valence electrons. The number of amides is 2. The quantitative estimate of drug-likeness (QED) is 0.929. The first-order valence-corrected chi connectivity index (χ1v) is 8.81. The number of benzene rings is 1. The Bertz CT molecular complexity index is 559. The van der Waals surface area contributed by atoms with Gasteiger partial charge in [0.05, 0.1) is 0 Å². The van der Waals surface area contributed by atoms with Crippen LogP contribution >= 0.6 is 0 Å². The lowest BCUT2D eigenvalue weighted by Crippen LogP contribution is -2.31. The van der Waals surface area contributed by atoms with Gasteiger partial charge in [0.15, 0.2) is 0 Å². The molecule has 1 heterocycles. The monoisotopic (exact) mass is 314 g/mol. The number of hydrogen-bond donors (Lipinski definition) is 1. The molecule has 1 saturated carbocycles. The van der Waals surface area contributed by atoms with E-state index >= 15 is 0 Å². The average Bonchev–Trinajstić information content (AvgIpc) is 3.35. The van der Waals surface area contributed by atoms with Crippen LogP contribution in [0.15, 0.2) is 24.3 Å². The first-order valence-electron chi connectivity index (χ1n) is 8.81. The Hall–Kier alpha value is -1.84. The van der Waals surface area contributed by atoms with Gasteiger partial charge in [-0.3, -0.25) is 9.59 Å². The molecule has 1 aliphatic carbocycles. The molecule has 1 N–H and O–H groups in total. The maximum absolute atomic E-state index is 12.5. The van der Waals surface area contributed by atoms with Crippen LogP contribution < -0.4 is 5.32 Å². The van der Waals surface area contributed by atoms with Crippen molar-refractivity contribution in [2.45, 2.75) is 45.6 Å². The molecule has 4 heteroatoms. The highest BCUT2D eigenvalue weighted by Crippen LogP contribution is 2.37. The maximum atomic E-state index is 12.5. The second kappa shape index (κ2) is 7.16. The SMILES string of the molecule is C[C@H]1C[C@H]1C(=O)NCc1ccc(C(=O)N2CCCCCC2)cc1. The van der Waals surface area contributed by atoms with E-state index < -0.39 is 0 Å². The van der Waals surface area contributed by atoms with Crippen LogP contribution in [-0.4, -0.2) is 29.8 Å². The zero-order valence-electron chi connectivity index (χ0n) is 13.9. The van der Waals surface area contributed by atoms with Gasteiger partial charge >= 0.3 is 0 Å². The van der Waals surface area contributed by atoms with E-state index in [2.05, 4.69) is 12.2 Å². The molecular formula is C19H26N2O2. The molecule has 4 nitrogen and oxygen atoms in total. The summed E-state index contributed by atoms with van der Waals surface area (Å²) in [7, 11) is 0. The summed E-state index contributed by atoms with van der Waals surface area (Å²) in [5, 5.41) is 2.98. The predicted octanol–water partition coefficient (Wildman–Crippen LogP) is 2.98. The van der Waals surface area contributed by atoms with Crippen LogP contribution in [0.3, 0.4) is 0 Å². The van der Waals surface area contributed by atoms with Gasteiger partial charge in [-0.15, -0.1) is 0 Å². The van der Waals surface area contributed by atoms with Crippen molar-refractivity contribution in [2.24, 2.45) is 11.8 Å². The van der Waals surface area contributed by atoms with Crippen molar-refractivity contribution in [3.05, 3.63) is 35.4 Å². The molecule has 2 fully saturated rings. The summed E-state index contributed by atoms with van der Waals surface area (Å²) in [5.41, 5.74) is 1.79. The fourth-order valence-electron chi connectivity index (χ4n) is 3.23. The Morgan fingerprint density at radius 1 is 1.09 bits per heavy atom. The topological polar surface area (TPSA) is 49.4 Å². The van der Waals surface area contributed by atoms with Crippen molar-refractivity contribution < 1.29 is 9.59 Å². The summed E-state index contributed by atoms with van der Waals surface area (Å²) >= 11 is 0. The average molecular weight is 314 g/mol. The first kappa shape index (κ1) is 16.0. The molecule has 0 radical (unpaired) electrons. The molecule has 1 aromatic rings. The summed E-state index contributed by atoms with van der Waals surface area (Å²) in [5.74, 6) is 1.03. The number of carbonyl (C=O) groups is 2. The Morgan fingerprint density at radius 3 is 2.26 bits per heavy atom. The van der Waals surface area contributed by atoms with Crippen molar-refractivity contribution >= 4 is 11.8 Å². The largest absolute Gasteiger partial charge is 0.352 e. The Labute approximate surface area is 138 Å². The highest BCUT2D eigenvalue weighted by molar-refractivity contribution is 5.94. The molecule has 2 aliphatic rings. The molecule has 0 unspecified atom stereocenters. The second-order valence-corrected chi connectivity index (χ2v) is 6.94. The molecule has 1 saturated heterocycles. The lowest BCUT2D eigenvalue weighted by atomic mass is 10.1. The molecule has 0 aromatic heterocycles. The Balaban J connectivity index is 1.53. The van der Waals surface area contributed by atoms with E-state index in [9.17, 15) is 9.59 Å². The van der Waals surface area contributed by atoms with Crippen molar-refractivity contribution in [1.29, 1.82) is 0 Å². The Morgan fingerprint density at radius 2 is 1.70 bits per heavy atom. The molecule has 2 atom stereocenters. The van der Waals surface area contributed by atoms with Gasteiger partial charge < -0.3 is 10.2 Å². The molecule has 0 spiro atoms. The number of hydrogen-bond acceptors (Lipinski definition) is 2. The minimum atomic E-state index is 0.134. The van der Waals surface area contributed by atoms with Crippen molar-refractivity contribution in [3.63, 3.8) is 0 Å². The normalized spacial score (nSPS) is 24.0. The number of carbonyl (C=O) groups excluding carboxylic acids is 2. The van der Waals surface area contributed by atoms with Crippen LogP contribution in [0.5, 0.6) is 0 Å². The van der Waals surface area contributed by atoms with E-state index in [1.54, 1.807) is 0 Å². The summed E-state index contributed by atoms with van der Waals surface area (Å²) < 4.78 is 0. The van der Waals surface area contributed by atoms with Crippen LogP contribution in [0.2, 0.25) is 0 Å². The molecule has 2 amide bonds. The third-order valence-electron chi connectivity index (χ3n) is 5.01. The van der Waals surface area contributed by atoms with Crippen LogP contribution in [-0.2, 0) is 11.3 Å². The zero-order chi connectivity index (χ0) is 16.2. The number of nitrogens with one attached hydrogen (secondary N) is 1. The maximum Gasteiger partial charge on any atom is 0.253 e. The second-order valence-electron chi connectivity index (χ2n) is 6.94. The number of likely N-dealkylation sites (tertiary alicyclic amines) is 1. The molecular weight excluding hydrogens is 288 g/mol. The molecule has 1 aromatic carbocycles. The fourth-order valence-corrected chi connectivity index (χ4v) is 3.23. The van der Waals surface area contributed by atoms with Crippen molar-refractivity contribution in [3.8, 4) is 0 Å². The fraction of sp³-hybridized carbons (Fsp3) is 0.579. The number of rotatable bonds is 4. The lowest BCUT2D eigenvalue weighted by Gasteiger charge is -2.20. The van der Waals surface area contributed by atoms with E-state index in [1.807, 2.05) is 29.2 Å². The van der Waals surface area contributed by atoms with Gasteiger partial charge in [0, 0.05) is 31.1 Å². The highest BCUT2D eigenvalue weighted by Gasteiger charge is 2.38. The van der Waals surface area contributed by atoms with E-state index in [1.165, 1.54) is 12.8 Å². The van der Waals surface area contributed by atoms with Crippen molar-refractivity contribution in [1.82, 2.24) is 10.2 Å². The van der Waals surface area contributed by atoms with Crippen LogP contribution in [0.25, 0.3) is 0 Å². The third-order valence-corrected chi connectivity index (χ3v) is 5.01. The first-order chi connectivity index (χ1) is 11.1. The lowest BCUT2D eigenvalue weighted by molar-refractivity contribution is -0.122. The summed E-state index contributed by atoms with van der Waals surface area (Å²) in [6.45, 7) is 4.39. The van der Waals surface area contributed by atoms with E-state index in [0.717, 1.165) is 43.5 Å². The van der Waals surface area contributed by atoms with Gasteiger partial charge in [0.25, 0.3) is 5.91 Å². The van der Waals surface area contributed by atoms with E-state index in [-0.39, 0.29) is 17.7 Å². The zero-order valence-corrected chi connectivity index (χ0v) is 13.9. The smallest absolute Gasteiger partial charge is 0.253 e. The standard InChI is InChI=1S/C19H26N2O2/c1-14-12-17(14)18(22)20-13-15-6-8-16(9-7-15)19(23)21-10-4-2-3-5-11-21/h6-9,14,17H,2-5,10-13H2,1H3,(H,20,22)/t14-,17+/m0/s1. The molecule has 23 heavy (non-hydrogen) atoms. The highest BCUT2D eigenvalue weighted by atomic mass is 16.2. The molecule has 1 aliphatic heterocycles. The minimum absolute atomic E-state index is 0.134. The van der Waals surface area contributed by atoms with Gasteiger partial charge in [-0.05, 0) is 42.9 Å². The van der Waals surface area contributed by atoms with Crippen molar-refractivity contribution in [2.75, 3.05) is 13.1 Å². The van der Waals surface area contributed by atoms with Crippen LogP contribution in [0, 0.1) is 11.8 Å². The molecule has 0 bridgehead atoms. The predicted molar refractivity (Wildman–Crippen MR) is 89.9 cm³/mol. The van der Waals surface area contributed by atoms with E-state index in [4.69, 9.17) is 0 Å². The third kappa shape index (κ3) is 4.12. The van der Waals surface area contributed by atoms with Gasteiger partial charge in [0.1, 0.15) is 0 Å². The van der Waals surface area contributed by atoms with Gasteiger partial charge in [-0.2, -0.15) is 0 Å². The van der Waals surface area contributed by atoms with Gasteiger partial charge in [-0.25, -0.2) is 0 Å². The van der Waals surface area contributed by atoms with Crippen LogP contribution in [0.1, 0.15) is 54.9 Å². The van der Waals surface area contributed by atoms with Gasteiger partial charge in [-0.1, -0.05) is 31.9 Å². The van der Waals surface area contributed by atoms with Gasteiger partial charge in [0.2, 0.25) is 5.91 Å². The molecule has 3 rings (SSSR count). The summed E-state index contributed by atoms with van der Waals surface area (Å²) in [6.07, 6.45) is 5.67. The minimum Gasteiger partial charge on any atom is -0.352 e. The Kier molecular flexibility index (Phi) is 4.99. The van der Waals surface area contributed by atoms with E-state index in [0.29, 0.717) is 12.5 Å². The van der Waals surface area contributed by atoms with Crippen LogP contribution in [0.4, 0.5) is 0 Å². The number of nitrogens with zero attached hydrogens (tertiary/aromatic N) is 1.